The van der Waals surface area contributed by atoms with Gasteiger partial charge in [-0.3, -0.25) is 19.9 Å². The second-order valence-corrected chi connectivity index (χ2v) is 26.2. The number of ether oxygens (including phenoxy) is 4. The number of H-pyrrole nitrogens is 1. The molecule has 8 heterocycles. The number of carbonyl (C=O) groups excluding carboxylic acids is 6. The number of hydrogen-bond acceptors (Lipinski definition) is 23. The third-order valence-corrected chi connectivity index (χ3v) is 17.3. The van der Waals surface area contributed by atoms with Crippen molar-refractivity contribution in [3.8, 4) is 22.8 Å². The summed E-state index contributed by atoms with van der Waals surface area (Å²) in [5.41, 5.74) is 12.4. The molecule has 0 fully saturated rings. The number of hydrogen-bond donors (Lipinski definition) is 5. The van der Waals surface area contributed by atoms with Crippen molar-refractivity contribution in [2.75, 3.05) is 26.4 Å². The fraction of sp³-hybridized carbons (Fsp3) is 0.225. The number of aliphatic carboxylic acids is 1. The van der Waals surface area contributed by atoms with Gasteiger partial charge >= 0.3 is 121 Å². The van der Waals surface area contributed by atoms with E-state index in [0.717, 1.165) is 56.5 Å². The number of nitrogens with one attached hydrogen (secondary N) is 1. The number of aromatic nitrogens is 13. The van der Waals surface area contributed by atoms with E-state index in [1.807, 2.05) is 108 Å². The summed E-state index contributed by atoms with van der Waals surface area (Å²) < 4.78 is 145. The molecule has 30 nitrogen and oxygen atoms in total. The van der Waals surface area contributed by atoms with Gasteiger partial charge in [-0.15, -0.1) is 12.4 Å². The molecule has 2 atom stereocenters. The first-order valence-corrected chi connectivity index (χ1v) is 37.0. The van der Waals surface area contributed by atoms with Gasteiger partial charge < -0.3 is 56.0 Å². The molecule has 12 rings (SSSR count). The molecule has 8 aromatic heterocycles. The average Bonchev–Trinajstić information content (AvgIpc) is 1.68. The van der Waals surface area contributed by atoms with Crippen LogP contribution in [0.2, 0.25) is 0 Å². The number of aliphatic hydroxyl groups excluding tert-OH is 1. The van der Waals surface area contributed by atoms with Gasteiger partial charge in [0, 0.05) is 65.6 Å². The Labute approximate surface area is 773 Å². The number of alkyl halides is 11. The minimum atomic E-state index is -4.22. The number of aromatic carboxylic acids is 1. The zero-order valence-electron chi connectivity index (χ0n) is 62.5. The van der Waals surface area contributed by atoms with Crippen molar-refractivity contribution in [1.82, 2.24) is 64.3 Å². The van der Waals surface area contributed by atoms with Crippen LogP contribution in [0, 0.1) is 11.1 Å². The molecule has 0 aliphatic heterocycles. The van der Waals surface area contributed by atoms with E-state index in [1.54, 1.807) is 116 Å². The Morgan fingerprint density at radius 1 is 0.529 bits per heavy atom. The van der Waals surface area contributed by atoms with Crippen molar-refractivity contribution < 1.29 is 176 Å². The molecule has 0 aliphatic rings. The van der Waals surface area contributed by atoms with Gasteiger partial charge in [0.2, 0.25) is 5.91 Å². The molecule has 0 spiro atoms. The van der Waals surface area contributed by atoms with Gasteiger partial charge in [-0.25, -0.2) is 47.7 Å². The van der Waals surface area contributed by atoms with E-state index in [4.69, 9.17) is 35.9 Å². The number of fused-ring (bicyclic) bond motifs is 3. The topological polar surface area (TPSA) is 441 Å². The second kappa shape index (κ2) is 54.3. The van der Waals surface area contributed by atoms with Crippen LogP contribution in [0.15, 0.2) is 176 Å². The van der Waals surface area contributed by atoms with Crippen molar-refractivity contribution in [2.45, 2.75) is 77.8 Å². The third-order valence-electron chi connectivity index (χ3n) is 14.1. The van der Waals surface area contributed by atoms with E-state index in [9.17, 15) is 77.8 Å². The smallest absolute Gasteiger partial charge is 0.870 e. The maximum absolute atomic E-state index is 13.0. The number of aromatic amines is 1. The van der Waals surface area contributed by atoms with Crippen LogP contribution >= 0.6 is 108 Å². The van der Waals surface area contributed by atoms with Crippen molar-refractivity contribution >= 4 is 182 Å². The molecule has 119 heavy (non-hydrogen) atoms. The van der Waals surface area contributed by atoms with Gasteiger partial charge in [0.1, 0.15) is 67.0 Å². The van der Waals surface area contributed by atoms with Crippen LogP contribution in [-0.2, 0) is 35.0 Å². The molecule has 0 bridgehead atoms. The van der Waals surface area contributed by atoms with Gasteiger partial charge in [0.05, 0.1) is 44.0 Å². The van der Waals surface area contributed by atoms with Gasteiger partial charge in [-0.2, -0.15) is 69.4 Å². The molecule has 0 saturated heterocycles. The van der Waals surface area contributed by atoms with E-state index < -0.39 is 79.5 Å². The molecule has 4 aromatic carbocycles. The van der Waals surface area contributed by atoms with Gasteiger partial charge in [-0.1, -0.05) is 103 Å². The minimum Gasteiger partial charge on any atom is -0.870 e. The third kappa shape index (κ3) is 33.7. The van der Waals surface area contributed by atoms with Crippen LogP contribution < -0.4 is 75.7 Å². The van der Waals surface area contributed by atoms with Crippen LogP contribution in [0.4, 0.5) is 43.9 Å². The number of carbonyl (C=O) groups is 7. The number of nitrogens with two attached hydrogens (primary N) is 2. The Morgan fingerprint density at radius 3 is 1.20 bits per heavy atom. The summed E-state index contributed by atoms with van der Waals surface area (Å²) in [6.45, 7) is -3.62. The molecule has 0 radical (unpaired) electrons. The van der Waals surface area contributed by atoms with Crippen molar-refractivity contribution in [1.29, 1.82) is 0 Å². The standard InChI is InChI=1S/C16H13F2N3O2.C14H9F2N3O2.C10H14N2O2.C9H6BrN.2C7H7F2IN2O2.C6H7IN2O2.C2HClF2O2.ClH.2Na.H2O/c1-2-23-15(22)12-9-21(16(17)18)20-14(12)13-11-6-4-3-5-10(11)7-8-19-13;15-14(16)19-7-10(13(20)21)12(18-19)11-9-4-2-1-3-8(9)5-6-17-11;11-8(9(13)10(12)14)6-7-4-2-1-3-5-7;10-9-8-4-2-1-3-7(8)5-6-11-9;2*1-2-14-6(13)4-3-12(7(8)9)11-5(4)10;1-2-11-6(10)4-3-8-9-5(4)7;3-2(4,5)1(6)7;;;;/h3-9,16H,2H2,1H3;1-7,14H,(H,20,21);1-5,8-9,13H,6,11H2,(H2,12,14);1-6H;2*3,7H,2H2,1H3;3H,2H2,1H3,(H,8,9);(H,6,7);1H;;;1H2/q;;;;;;;;;2*+1;/p-2. The maximum Gasteiger partial charge on any atom is 1.00 e. The van der Waals surface area contributed by atoms with Crippen LogP contribution in [0.3, 0.4) is 0 Å². The van der Waals surface area contributed by atoms with Gasteiger partial charge in [-0.05, 0) is 169 Å². The van der Waals surface area contributed by atoms with Crippen molar-refractivity contribution in [3.63, 3.8) is 0 Å². The van der Waals surface area contributed by atoms with E-state index >= 15 is 0 Å². The summed E-state index contributed by atoms with van der Waals surface area (Å²) in [7, 11) is 0. The first-order valence-electron chi connectivity index (χ1n) is 32.6. The van der Waals surface area contributed by atoms with E-state index in [1.165, 1.54) is 17.8 Å². The maximum atomic E-state index is 13.0. The number of esters is 4. The quantitative estimate of drug-likeness (QED) is 0.00909. The van der Waals surface area contributed by atoms with Crippen molar-refractivity contribution in [2.24, 2.45) is 11.5 Å². The predicted molar refractivity (Wildman–Crippen MR) is 431 cm³/mol. The Hall–Kier alpha value is -8.12. The minimum absolute atomic E-state index is 0. The van der Waals surface area contributed by atoms with E-state index in [0.29, 0.717) is 52.1 Å². The van der Waals surface area contributed by atoms with Crippen LogP contribution in [0.5, 0.6) is 0 Å². The van der Waals surface area contributed by atoms with Gasteiger partial charge in [0.15, 0.2) is 0 Å². The fourth-order valence-electron chi connectivity index (χ4n) is 9.01. The summed E-state index contributed by atoms with van der Waals surface area (Å²) in [6.07, 6.45) is 9.20. The number of nitrogens with zero attached hydrogens (tertiary/aromatic N) is 12. The Kier molecular flexibility index (Phi) is 49.7. The first kappa shape index (κ1) is 109. The number of amides is 1. The normalized spacial score (nSPS) is 10.9. The summed E-state index contributed by atoms with van der Waals surface area (Å²) in [4.78, 5) is 88.8. The second-order valence-electron chi connectivity index (χ2n) is 21.8. The monoisotopic (exact) mass is 2130 g/mol. The molecular formula is C71H65BrCl2F10I3N15Na2O15. The van der Waals surface area contributed by atoms with Gasteiger partial charge in [0.25, 0.3) is 0 Å². The average molecular weight is 2140 g/mol. The molecule has 2 unspecified atom stereocenters. The fourth-order valence-corrected chi connectivity index (χ4v) is 11.2. The number of carboxylic acids is 2. The van der Waals surface area contributed by atoms with Crippen molar-refractivity contribution in [3.05, 3.63) is 220 Å². The Bertz CT molecular complexity index is 5170. The number of primary amides is 1. The molecule has 0 saturated carbocycles. The predicted octanol–water partition coefficient (Wildman–Crippen LogP) is 8.39. The number of halogens is 16. The van der Waals surface area contributed by atoms with E-state index in [2.05, 4.69) is 88.6 Å². The molecular weight excluding hydrogens is 2070 g/mol. The summed E-state index contributed by atoms with van der Waals surface area (Å²) >= 11 is 12.7. The number of benzene rings is 4. The largest absolute Gasteiger partial charge is 1.00 e. The zero-order chi connectivity index (χ0) is 85.4. The number of pyridine rings is 3. The summed E-state index contributed by atoms with van der Waals surface area (Å²) in [5.74, 6) is -6.99. The zero-order valence-corrected chi connectivity index (χ0v) is 76.1. The van der Waals surface area contributed by atoms with Crippen LogP contribution in [0.1, 0.15) is 111 Å². The number of carboxylic acid groups (broad SMARTS) is 2. The molecule has 628 valence electrons. The summed E-state index contributed by atoms with van der Waals surface area (Å²) in [6, 6.07) is 36.9. The summed E-state index contributed by atoms with van der Waals surface area (Å²) in [5, 5.41) is 49.5. The Morgan fingerprint density at radius 2 is 0.857 bits per heavy atom. The molecule has 12 aromatic rings. The molecule has 48 heteroatoms. The molecule has 1 amide bonds. The van der Waals surface area contributed by atoms with E-state index in [-0.39, 0.29) is 150 Å². The first-order chi connectivity index (χ1) is 54.5. The SMILES string of the molecule is Brc1nccc2ccccc12.CCOC(=O)c1cn(C(F)F)nc1-c1nccc2ccccc12.CCOC(=O)c1cn(C(F)F)nc1I.CCOC(=O)c1cn(C(F)F)nc1I.CCOC(=O)c1cn[nH]c1I.Cl.NC(=O)C(O)C(N)Cc1ccccc1.O=C(O)c1cn(C(F)F)nc1-c1nccc2ccccc12.O=C([O-])C(F)(F)Cl.[Na+].[Na+].[OH-]. The Balaban J connectivity index is 0.000000691. The van der Waals surface area contributed by atoms with Crippen LogP contribution in [0.25, 0.3) is 55.1 Å². The molecule has 0 aliphatic carbocycles. The number of rotatable bonds is 20. The molecule has 8 N–H and O–H groups in total. The van der Waals surface area contributed by atoms with Crippen LogP contribution in [-0.4, -0.2) is 166 Å². The number of aliphatic hydroxyl groups is 1.